The molecule has 0 saturated heterocycles. The minimum atomic E-state index is -0.707. The number of rotatable bonds is 7. The molecule has 2 fully saturated rings. The maximum Gasteiger partial charge on any atom is 0.303 e. The van der Waals surface area contributed by atoms with Gasteiger partial charge in [-0.3, -0.25) is 4.79 Å². The highest BCUT2D eigenvalue weighted by Gasteiger charge is 2.33. The molecule has 1 atom stereocenters. The fraction of sp³-hybridized carbons (Fsp3) is 0.562. The van der Waals surface area contributed by atoms with Gasteiger partial charge in [0, 0.05) is 0 Å². The van der Waals surface area contributed by atoms with Crippen LogP contribution < -0.4 is 4.74 Å². The molecule has 0 spiro atoms. The van der Waals surface area contributed by atoms with E-state index in [-0.39, 0.29) is 12.3 Å². The first-order valence-corrected chi connectivity index (χ1v) is 7.17. The number of carboxylic acids is 1. The number of hydrogen-bond donors (Lipinski definition) is 1. The molecule has 19 heavy (non-hydrogen) atoms. The third-order valence-electron chi connectivity index (χ3n) is 4.05. The molecule has 0 heterocycles. The van der Waals surface area contributed by atoms with Crippen LogP contribution in [0.4, 0.5) is 0 Å². The molecule has 1 N–H and O–H groups in total. The molecule has 3 heteroatoms. The Hall–Kier alpha value is -1.51. The van der Waals surface area contributed by atoms with Crippen LogP contribution >= 0.6 is 0 Å². The molecule has 1 unspecified atom stereocenters. The SMILES string of the molecule is O=C(O)CC(c1cccc(OCC2CC2)c1)C1CC1. The fourth-order valence-corrected chi connectivity index (χ4v) is 2.58. The van der Waals surface area contributed by atoms with E-state index < -0.39 is 5.97 Å². The number of hydrogen-bond acceptors (Lipinski definition) is 2. The first-order valence-electron chi connectivity index (χ1n) is 7.17. The van der Waals surface area contributed by atoms with Crippen LogP contribution in [-0.4, -0.2) is 17.7 Å². The van der Waals surface area contributed by atoms with E-state index in [1.54, 1.807) is 0 Å². The van der Waals surface area contributed by atoms with E-state index in [1.807, 2.05) is 24.3 Å². The Balaban J connectivity index is 1.69. The highest BCUT2D eigenvalue weighted by Crippen LogP contribution is 2.45. The molecule has 102 valence electrons. The number of benzene rings is 1. The second-order valence-electron chi connectivity index (χ2n) is 5.87. The van der Waals surface area contributed by atoms with Crippen LogP contribution in [0.1, 0.15) is 43.6 Å². The van der Waals surface area contributed by atoms with Crippen LogP contribution in [0.3, 0.4) is 0 Å². The molecule has 2 aliphatic carbocycles. The number of carbonyl (C=O) groups is 1. The van der Waals surface area contributed by atoms with E-state index in [1.165, 1.54) is 12.8 Å². The summed E-state index contributed by atoms with van der Waals surface area (Å²) in [5.74, 6) is 1.63. The van der Waals surface area contributed by atoms with E-state index >= 15 is 0 Å². The van der Waals surface area contributed by atoms with Gasteiger partial charge in [-0.25, -0.2) is 0 Å². The van der Waals surface area contributed by atoms with Gasteiger partial charge in [0.25, 0.3) is 0 Å². The summed E-state index contributed by atoms with van der Waals surface area (Å²) in [5.41, 5.74) is 1.12. The van der Waals surface area contributed by atoms with E-state index in [9.17, 15) is 4.79 Å². The Bertz CT molecular complexity index is 461. The van der Waals surface area contributed by atoms with Gasteiger partial charge in [-0.1, -0.05) is 12.1 Å². The largest absolute Gasteiger partial charge is 0.493 e. The third kappa shape index (κ3) is 3.49. The molecule has 0 aromatic heterocycles. The van der Waals surface area contributed by atoms with Crippen LogP contribution in [0, 0.1) is 11.8 Å². The molecule has 1 aromatic rings. The Morgan fingerprint density at radius 3 is 2.74 bits per heavy atom. The molecule has 0 radical (unpaired) electrons. The van der Waals surface area contributed by atoms with Gasteiger partial charge in [0.1, 0.15) is 5.75 Å². The monoisotopic (exact) mass is 260 g/mol. The predicted molar refractivity (Wildman–Crippen MR) is 72.4 cm³/mol. The molecule has 0 aliphatic heterocycles. The molecule has 2 aliphatic rings. The van der Waals surface area contributed by atoms with Gasteiger partial charge in [-0.05, 0) is 61.1 Å². The van der Waals surface area contributed by atoms with Crippen LogP contribution in [0.5, 0.6) is 5.75 Å². The molecule has 0 amide bonds. The summed E-state index contributed by atoms with van der Waals surface area (Å²) in [4.78, 5) is 11.0. The van der Waals surface area contributed by atoms with E-state index in [0.29, 0.717) is 5.92 Å². The van der Waals surface area contributed by atoms with Crippen molar-refractivity contribution in [2.45, 2.75) is 38.0 Å². The van der Waals surface area contributed by atoms with Crippen molar-refractivity contribution in [3.8, 4) is 5.75 Å². The van der Waals surface area contributed by atoms with Crippen molar-refractivity contribution in [2.75, 3.05) is 6.61 Å². The maximum atomic E-state index is 11.0. The van der Waals surface area contributed by atoms with Crippen molar-refractivity contribution in [2.24, 2.45) is 11.8 Å². The average molecular weight is 260 g/mol. The summed E-state index contributed by atoms with van der Waals surface area (Å²) in [6.45, 7) is 0.802. The van der Waals surface area contributed by atoms with Crippen molar-refractivity contribution >= 4 is 5.97 Å². The molecule has 0 bridgehead atoms. The van der Waals surface area contributed by atoms with Gasteiger partial charge in [-0.2, -0.15) is 0 Å². The zero-order valence-electron chi connectivity index (χ0n) is 11.0. The lowest BCUT2D eigenvalue weighted by Gasteiger charge is -2.15. The van der Waals surface area contributed by atoms with E-state index in [0.717, 1.165) is 36.7 Å². The minimum Gasteiger partial charge on any atom is -0.493 e. The second kappa shape index (κ2) is 5.24. The van der Waals surface area contributed by atoms with Gasteiger partial charge in [-0.15, -0.1) is 0 Å². The first-order chi connectivity index (χ1) is 9.22. The maximum absolute atomic E-state index is 11.0. The van der Waals surface area contributed by atoms with Gasteiger partial charge in [0.2, 0.25) is 0 Å². The summed E-state index contributed by atoms with van der Waals surface area (Å²) >= 11 is 0. The topological polar surface area (TPSA) is 46.5 Å². The number of ether oxygens (including phenoxy) is 1. The molecular weight excluding hydrogens is 240 g/mol. The first kappa shape index (κ1) is 12.5. The number of carboxylic acid groups (broad SMARTS) is 1. The highest BCUT2D eigenvalue weighted by atomic mass is 16.5. The standard InChI is InChI=1S/C16H20O3/c17-16(18)9-15(12-6-7-12)13-2-1-3-14(8-13)19-10-11-4-5-11/h1-3,8,11-12,15H,4-7,9-10H2,(H,17,18). The zero-order valence-corrected chi connectivity index (χ0v) is 11.0. The van der Waals surface area contributed by atoms with Crippen molar-refractivity contribution in [3.63, 3.8) is 0 Å². The van der Waals surface area contributed by atoms with Gasteiger partial charge in [0.15, 0.2) is 0 Å². The van der Waals surface area contributed by atoms with Crippen molar-refractivity contribution < 1.29 is 14.6 Å². The van der Waals surface area contributed by atoms with Crippen LogP contribution in [0.25, 0.3) is 0 Å². The lowest BCUT2D eigenvalue weighted by atomic mass is 9.91. The van der Waals surface area contributed by atoms with Crippen molar-refractivity contribution in [1.29, 1.82) is 0 Å². The zero-order chi connectivity index (χ0) is 13.2. The summed E-state index contributed by atoms with van der Waals surface area (Å²) < 4.78 is 5.78. The van der Waals surface area contributed by atoms with Crippen molar-refractivity contribution in [3.05, 3.63) is 29.8 Å². The van der Waals surface area contributed by atoms with Gasteiger partial charge in [0.05, 0.1) is 13.0 Å². The van der Waals surface area contributed by atoms with Crippen molar-refractivity contribution in [1.82, 2.24) is 0 Å². The second-order valence-corrected chi connectivity index (χ2v) is 5.87. The Morgan fingerprint density at radius 1 is 1.32 bits per heavy atom. The average Bonchev–Trinajstić information content (AvgIpc) is 3.27. The Labute approximate surface area is 113 Å². The summed E-state index contributed by atoms with van der Waals surface area (Å²) in [5, 5.41) is 9.04. The number of aliphatic carboxylic acids is 1. The summed E-state index contributed by atoms with van der Waals surface area (Å²) in [6, 6.07) is 8.02. The lowest BCUT2D eigenvalue weighted by molar-refractivity contribution is -0.137. The fourth-order valence-electron chi connectivity index (χ4n) is 2.58. The van der Waals surface area contributed by atoms with E-state index in [2.05, 4.69) is 0 Å². The lowest BCUT2D eigenvalue weighted by Crippen LogP contribution is -2.08. The molecule has 3 nitrogen and oxygen atoms in total. The van der Waals surface area contributed by atoms with Gasteiger partial charge < -0.3 is 9.84 Å². The van der Waals surface area contributed by atoms with Crippen LogP contribution in [0.2, 0.25) is 0 Å². The normalized spacial score (nSPS) is 20.0. The van der Waals surface area contributed by atoms with Crippen LogP contribution in [-0.2, 0) is 4.79 Å². The Kier molecular flexibility index (Phi) is 3.45. The quantitative estimate of drug-likeness (QED) is 0.816. The summed E-state index contributed by atoms with van der Waals surface area (Å²) in [7, 11) is 0. The predicted octanol–water partition coefficient (Wildman–Crippen LogP) is 3.44. The van der Waals surface area contributed by atoms with Gasteiger partial charge >= 0.3 is 5.97 Å². The highest BCUT2D eigenvalue weighted by molar-refractivity contribution is 5.68. The molecular formula is C16H20O3. The molecule has 3 rings (SSSR count). The molecule has 2 saturated carbocycles. The van der Waals surface area contributed by atoms with Crippen LogP contribution in [0.15, 0.2) is 24.3 Å². The Morgan fingerprint density at radius 2 is 2.11 bits per heavy atom. The minimum absolute atomic E-state index is 0.155. The molecule has 1 aromatic carbocycles. The van der Waals surface area contributed by atoms with E-state index in [4.69, 9.17) is 9.84 Å². The smallest absolute Gasteiger partial charge is 0.303 e. The third-order valence-corrected chi connectivity index (χ3v) is 4.05. The summed E-state index contributed by atoms with van der Waals surface area (Å²) in [6.07, 6.45) is 5.11.